The number of halogens is 2. The van der Waals surface area contributed by atoms with Gasteiger partial charge in [0.25, 0.3) is 0 Å². The molecule has 4 nitrogen and oxygen atoms in total. The molecule has 1 aromatic carbocycles. The molecule has 0 heterocycles. The molecular formula is C10H9Br2NO3. The van der Waals surface area contributed by atoms with Crippen molar-refractivity contribution in [1.82, 2.24) is 0 Å². The van der Waals surface area contributed by atoms with Crippen LogP contribution in [0.5, 0.6) is 5.75 Å². The van der Waals surface area contributed by atoms with Gasteiger partial charge in [-0.2, -0.15) is 0 Å². The summed E-state index contributed by atoms with van der Waals surface area (Å²) in [4.78, 5) is 10.1. The van der Waals surface area contributed by atoms with Crippen LogP contribution in [0.25, 0.3) is 6.08 Å². The summed E-state index contributed by atoms with van der Waals surface area (Å²) in [6.45, 7) is 1.45. The highest BCUT2D eigenvalue weighted by Crippen LogP contribution is 2.34. The summed E-state index contributed by atoms with van der Waals surface area (Å²) in [5, 5.41) is 10.5. The quantitative estimate of drug-likeness (QED) is 0.614. The molecule has 0 aliphatic carbocycles. The van der Waals surface area contributed by atoms with Crippen LogP contribution in [-0.2, 0) is 0 Å². The summed E-state index contributed by atoms with van der Waals surface area (Å²) in [5.74, 6) is 0.663. The lowest BCUT2D eigenvalue weighted by molar-refractivity contribution is -0.422. The summed E-state index contributed by atoms with van der Waals surface area (Å²) in [6, 6.07) is 3.52. The van der Waals surface area contributed by atoms with Gasteiger partial charge in [-0.1, -0.05) is 0 Å². The smallest absolute Gasteiger partial charge is 0.243 e. The lowest BCUT2D eigenvalue weighted by Gasteiger charge is -2.06. The average molecular weight is 351 g/mol. The van der Waals surface area contributed by atoms with Crippen LogP contribution in [0.15, 0.2) is 26.8 Å². The number of hydrogen-bond acceptors (Lipinski definition) is 3. The molecule has 0 aromatic heterocycles. The number of ether oxygens (including phenoxy) is 1. The largest absolute Gasteiger partial charge is 0.494 e. The van der Waals surface area contributed by atoms with Gasteiger partial charge in [0.2, 0.25) is 5.70 Å². The molecule has 0 radical (unpaired) electrons. The van der Waals surface area contributed by atoms with Crippen LogP contribution in [0.4, 0.5) is 0 Å². The fourth-order valence-electron chi connectivity index (χ4n) is 1.15. The molecule has 0 N–H and O–H groups in total. The summed E-state index contributed by atoms with van der Waals surface area (Å²) in [6.07, 6.45) is 1.50. The van der Waals surface area contributed by atoms with Gasteiger partial charge in [0.1, 0.15) is 5.75 Å². The van der Waals surface area contributed by atoms with Crippen molar-refractivity contribution >= 4 is 37.9 Å². The zero-order valence-corrected chi connectivity index (χ0v) is 11.8. The first-order valence-corrected chi connectivity index (χ1v) is 5.90. The van der Waals surface area contributed by atoms with Crippen LogP contribution in [0, 0.1) is 10.1 Å². The Bertz CT molecular complexity index is 434. The molecule has 0 unspecified atom stereocenters. The Morgan fingerprint density at radius 3 is 2.31 bits per heavy atom. The molecule has 0 bridgehead atoms. The highest BCUT2D eigenvalue weighted by Gasteiger charge is 2.09. The SMILES string of the molecule is COc1c(Br)cc(C=C(C)[N+](=O)[O-])cc1Br. The molecular weight excluding hydrogens is 342 g/mol. The molecule has 1 aromatic rings. The second-order valence-corrected chi connectivity index (χ2v) is 4.77. The maximum atomic E-state index is 10.5. The number of methoxy groups -OCH3 is 1. The van der Waals surface area contributed by atoms with E-state index in [1.165, 1.54) is 13.0 Å². The monoisotopic (exact) mass is 349 g/mol. The Kier molecular flexibility index (Phi) is 4.49. The van der Waals surface area contributed by atoms with Crippen LogP contribution < -0.4 is 4.74 Å². The van der Waals surface area contributed by atoms with Crippen molar-refractivity contribution < 1.29 is 9.66 Å². The molecule has 0 aliphatic heterocycles. The topological polar surface area (TPSA) is 52.4 Å². The number of benzene rings is 1. The first-order chi connectivity index (χ1) is 7.45. The maximum Gasteiger partial charge on any atom is 0.243 e. The Hall–Kier alpha value is -0.880. The van der Waals surface area contributed by atoms with Crippen molar-refractivity contribution in [3.05, 3.63) is 42.5 Å². The van der Waals surface area contributed by atoms with E-state index in [0.29, 0.717) is 5.75 Å². The Morgan fingerprint density at radius 1 is 1.44 bits per heavy atom. The van der Waals surface area contributed by atoms with Crippen molar-refractivity contribution in [2.45, 2.75) is 6.92 Å². The van der Waals surface area contributed by atoms with Gasteiger partial charge < -0.3 is 4.74 Å². The third-order valence-corrected chi connectivity index (χ3v) is 3.07. The number of nitrogens with zero attached hydrogens (tertiary/aromatic N) is 1. The van der Waals surface area contributed by atoms with Crippen LogP contribution in [0.3, 0.4) is 0 Å². The van der Waals surface area contributed by atoms with Crippen molar-refractivity contribution in [2.24, 2.45) is 0 Å². The van der Waals surface area contributed by atoms with Crippen LogP contribution in [-0.4, -0.2) is 12.0 Å². The molecule has 0 amide bonds. The van der Waals surface area contributed by atoms with E-state index in [9.17, 15) is 10.1 Å². The third-order valence-electron chi connectivity index (χ3n) is 1.89. The summed E-state index contributed by atoms with van der Waals surface area (Å²) in [7, 11) is 1.56. The summed E-state index contributed by atoms with van der Waals surface area (Å²) in [5.41, 5.74) is 0.817. The highest BCUT2D eigenvalue weighted by molar-refractivity contribution is 9.11. The third kappa shape index (κ3) is 3.05. The molecule has 86 valence electrons. The fourth-order valence-corrected chi connectivity index (χ4v) is 2.70. The molecule has 0 fully saturated rings. The van der Waals surface area contributed by atoms with Gasteiger partial charge >= 0.3 is 0 Å². The van der Waals surface area contributed by atoms with E-state index in [4.69, 9.17) is 4.74 Å². The highest BCUT2D eigenvalue weighted by atomic mass is 79.9. The van der Waals surface area contributed by atoms with Crippen LogP contribution in [0.2, 0.25) is 0 Å². The Balaban J connectivity index is 3.19. The molecule has 0 atom stereocenters. The van der Waals surface area contributed by atoms with Crippen molar-refractivity contribution in [1.29, 1.82) is 0 Å². The van der Waals surface area contributed by atoms with E-state index < -0.39 is 4.92 Å². The van der Waals surface area contributed by atoms with E-state index in [2.05, 4.69) is 31.9 Å². The molecule has 0 aliphatic rings. The van der Waals surface area contributed by atoms with E-state index in [0.717, 1.165) is 14.5 Å². The lowest BCUT2D eigenvalue weighted by Crippen LogP contribution is -1.93. The van der Waals surface area contributed by atoms with E-state index in [1.54, 1.807) is 19.2 Å². The lowest BCUT2D eigenvalue weighted by atomic mass is 10.2. The van der Waals surface area contributed by atoms with E-state index >= 15 is 0 Å². The molecule has 0 saturated heterocycles. The van der Waals surface area contributed by atoms with Gasteiger partial charge in [0.15, 0.2) is 0 Å². The Morgan fingerprint density at radius 2 is 1.94 bits per heavy atom. The van der Waals surface area contributed by atoms with Crippen LogP contribution in [0.1, 0.15) is 12.5 Å². The standard InChI is InChI=1S/C10H9Br2NO3/c1-6(13(14)15)3-7-4-8(11)10(16-2)9(12)5-7/h3-5H,1-2H3. The summed E-state index contributed by atoms with van der Waals surface area (Å²) < 4.78 is 6.62. The second-order valence-electron chi connectivity index (χ2n) is 3.06. The molecule has 16 heavy (non-hydrogen) atoms. The number of allylic oxidation sites excluding steroid dienone is 1. The Labute approximate surface area is 110 Å². The number of rotatable bonds is 3. The van der Waals surface area contributed by atoms with Crippen molar-refractivity contribution in [3.8, 4) is 5.75 Å². The minimum atomic E-state index is -0.425. The second kappa shape index (κ2) is 5.45. The van der Waals surface area contributed by atoms with Crippen molar-refractivity contribution in [3.63, 3.8) is 0 Å². The average Bonchev–Trinajstić information content (AvgIpc) is 2.16. The van der Waals surface area contributed by atoms with Gasteiger partial charge in [0.05, 0.1) is 21.0 Å². The summed E-state index contributed by atoms with van der Waals surface area (Å²) >= 11 is 6.66. The number of hydrogen-bond donors (Lipinski definition) is 0. The minimum absolute atomic E-state index is 0.0870. The first-order valence-electron chi connectivity index (χ1n) is 4.31. The normalized spacial score (nSPS) is 11.4. The van der Waals surface area contributed by atoms with E-state index in [1.807, 2.05) is 0 Å². The molecule has 0 saturated carbocycles. The predicted octanol–water partition coefficient (Wildman–Crippen LogP) is 3.86. The van der Waals surface area contributed by atoms with Gasteiger partial charge in [0, 0.05) is 13.0 Å². The zero-order valence-electron chi connectivity index (χ0n) is 8.66. The van der Waals surface area contributed by atoms with Gasteiger partial charge in [-0.25, -0.2) is 0 Å². The van der Waals surface area contributed by atoms with E-state index in [-0.39, 0.29) is 5.70 Å². The van der Waals surface area contributed by atoms with Gasteiger partial charge in [-0.3, -0.25) is 10.1 Å². The molecule has 1 rings (SSSR count). The van der Waals surface area contributed by atoms with Gasteiger partial charge in [-0.05, 0) is 49.6 Å². The fraction of sp³-hybridized carbons (Fsp3) is 0.200. The zero-order chi connectivity index (χ0) is 12.3. The van der Waals surface area contributed by atoms with Gasteiger partial charge in [-0.15, -0.1) is 0 Å². The first kappa shape index (κ1) is 13.2. The number of nitro groups is 1. The minimum Gasteiger partial charge on any atom is -0.494 e. The van der Waals surface area contributed by atoms with Crippen molar-refractivity contribution in [2.75, 3.05) is 7.11 Å². The molecule has 0 spiro atoms. The maximum absolute atomic E-state index is 10.5. The van der Waals surface area contributed by atoms with Crippen LogP contribution >= 0.6 is 31.9 Å². The predicted molar refractivity (Wildman–Crippen MR) is 69.0 cm³/mol. The molecule has 6 heteroatoms.